The summed E-state index contributed by atoms with van der Waals surface area (Å²) in [6.07, 6.45) is 6.29. The molecule has 4 heterocycles. The highest BCUT2D eigenvalue weighted by molar-refractivity contribution is 6.03. The van der Waals surface area contributed by atoms with Gasteiger partial charge >= 0.3 is 0 Å². The van der Waals surface area contributed by atoms with Crippen LogP contribution in [0.1, 0.15) is 10.4 Å². The van der Waals surface area contributed by atoms with Crippen molar-refractivity contribution < 1.29 is 13.6 Å². The first-order valence-electron chi connectivity index (χ1n) is 11.2. The molecule has 8 nitrogen and oxygen atoms in total. The first-order valence-corrected chi connectivity index (χ1v) is 11.2. The van der Waals surface area contributed by atoms with Gasteiger partial charge in [-0.3, -0.25) is 14.3 Å². The lowest BCUT2D eigenvalue weighted by molar-refractivity contribution is 0.102. The number of pyridine rings is 1. The zero-order chi connectivity index (χ0) is 25.4. The van der Waals surface area contributed by atoms with Crippen molar-refractivity contribution in [1.82, 2.24) is 29.1 Å². The number of aromatic nitrogens is 6. The van der Waals surface area contributed by atoms with Crippen molar-refractivity contribution in [3.05, 3.63) is 115 Å². The van der Waals surface area contributed by atoms with Gasteiger partial charge in [-0.25, -0.2) is 23.3 Å². The molecular weight excluding hydrogens is 476 g/mol. The fourth-order valence-corrected chi connectivity index (χ4v) is 3.97. The second-order valence-corrected chi connectivity index (χ2v) is 8.13. The summed E-state index contributed by atoms with van der Waals surface area (Å²) in [5.74, 6) is -0.706. The largest absolute Gasteiger partial charge is 0.305 e. The van der Waals surface area contributed by atoms with Crippen molar-refractivity contribution >= 4 is 17.4 Å². The van der Waals surface area contributed by atoms with Gasteiger partial charge in [0.15, 0.2) is 11.5 Å². The summed E-state index contributed by atoms with van der Waals surface area (Å²) in [7, 11) is 0. The fraction of sp³-hybridized carbons (Fsp3) is 0. The second-order valence-electron chi connectivity index (χ2n) is 8.13. The Kier molecular flexibility index (Phi) is 5.45. The number of nitrogens with one attached hydrogen (secondary N) is 1. The van der Waals surface area contributed by atoms with E-state index in [1.165, 1.54) is 36.7 Å². The maximum atomic E-state index is 13.6. The zero-order valence-electron chi connectivity index (χ0n) is 19.1. The minimum atomic E-state index is -0.359. The Morgan fingerprint density at radius 3 is 2.27 bits per heavy atom. The normalized spacial score (nSPS) is 11.1. The van der Waals surface area contributed by atoms with Crippen LogP contribution in [-0.2, 0) is 0 Å². The molecule has 0 radical (unpaired) electrons. The summed E-state index contributed by atoms with van der Waals surface area (Å²) in [5, 5.41) is 7.47. The first-order chi connectivity index (χ1) is 18.0. The number of anilines is 1. The SMILES string of the molecule is O=C(Nc1cn2nc(-c3c(-c4ccc(F)cc4)ncn3-c3ccc(F)cc3)ccc2n1)c1ccncc1. The van der Waals surface area contributed by atoms with Crippen molar-refractivity contribution in [3.63, 3.8) is 0 Å². The summed E-state index contributed by atoms with van der Waals surface area (Å²) in [6.45, 7) is 0. The number of imidazole rings is 2. The van der Waals surface area contributed by atoms with E-state index in [0.717, 1.165) is 0 Å². The Hall–Kier alpha value is -5.25. The summed E-state index contributed by atoms with van der Waals surface area (Å²) in [5.41, 5.74) is 4.07. The van der Waals surface area contributed by atoms with E-state index in [1.807, 2.05) is 0 Å². The van der Waals surface area contributed by atoms with E-state index in [1.54, 1.807) is 70.1 Å². The monoisotopic (exact) mass is 493 g/mol. The molecule has 0 aliphatic heterocycles. The molecule has 4 aromatic heterocycles. The summed E-state index contributed by atoms with van der Waals surface area (Å²) in [6, 6.07) is 18.8. The van der Waals surface area contributed by atoms with E-state index in [4.69, 9.17) is 5.10 Å². The molecule has 2 aromatic carbocycles. The Bertz CT molecular complexity index is 1660. The highest BCUT2D eigenvalue weighted by Gasteiger charge is 2.19. The number of carbonyl (C=O) groups excluding carboxylic acids is 1. The smallest absolute Gasteiger partial charge is 0.256 e. The predicted octanol–water partition coefficient (Wildman–Crippen LogP) is 5.17. The molecule has 6 rings (SSSR count). The number of benzene rings is 2. The number of halogens is 2. The Morgan fingerprint density at radius 2 is 1.54 bits per heavy atom. The third-order valence-corrected chi connectivity index (χ3v) is 5.74. The van der Waals surface area contributed by atoms with Gasteiger partial charge in [0.2, 0.25) is 0 Å². The summed E-state index contributed by atoms with van der Waals surface area (Å²) in [4.78, 5) is 25.4. The molecule has 0 atom stereocenters. The third-order valence-electron chi connectivity index (χ3n) is 5.74. The van der Waals surface area contributed by atoms with E-state index in [0.29, 0.717) is 45.4 Å². The maximum Gasteiger partial charge on any atom is 0.256 e. The van der Waals surface area contributed by atoms with Crippen LogP contribution < -0.4 is 5.32 Å². The van der Waals surface area contributed by atoms with Gasteiger partial charge in [-0.15, -0.1) is 0 Å². The number of nitrogens with zero attached hydrogens (tertiary/aromatic N) is 6. The molecule has 6 aromatic rings. The van der Waals surface area contributed by atoms with Crippen LogP contribution in [0.4, 0.5) is 14.6 Å². The molecule has 0 bridgehead atoms. The predicted molar refractivity (Wildman–Crippen MR) is 133 cm³/mol. The van der Waals surface area contributed by atoms with Crippen molar-refractivity contribution in [3.8, 4) is 28.3 Å². The minimum absolute atomic E-state index is 0.320. The molecular formula is C27H17F2N7O. The van der Waals surface area contributed by atoms with E-state index in [-0.39, 0.29) is 17.5 Å². The number of hydrogen-bond donors (Lipinski definition) is 1. The van der Waals surface area contributed by atoms with Gasteiger partial charge in [0, 0.05) is 29.2 Å². The molecule has 1 amide bonds. The third kappa shape index (κ3) is 4.31. The molecule has 0 unspecified atom stereocenters. The van der Waals surface area contributed by atoms with Gasteiger partial charge < -0.3 is 5.32 Å². The topological polar surface area (TPSA) is 90.0 Å². The lowest BCUT2D eigenvalue weighted by atomic mass is 10.1. The Balaban J connectivity index is 1.43. The zero-order valence-corrected chi connectivity index (χ0v) is 19.1. The Labute approximate surface area is 208 Å². The molecule has 180 valence electrons. The van der Waals surface area contributed by atoms with Crippen molar-refractivity contribution in [2.24, 2.45) is 0 Å². The van der Waals surface area contributed by atoms with E-state index in [9.17, 15) is 13.6 Å². The molecule has 0 spiro atoms. The lowest BCUT2D eigenvalue weighted by Crippen LogP contribution is -2.11. The van der Waals surface area contributed by atoms with Gasteiger partial charge in [-0.1, -0.05) is 0 Å². The van der Waals surface area contributed by atoms with Crippen molar-refractivity contribution in [2.75, 3.05) is 5.32 Å². The van der Waals surface area contributed by atoms with Crippen LogP contribution in [-0.4, -0.2) is 35.0 Å². The van der Waals surface area contributed by atoms with Crippen LogP contribution in [0.25, 0.3) is 34.0 Å². The van der Waals surface area contributed by atoms with Crippen molar-refractivity contribution in [1.29, 1.82) is 0 Å². The first kappa shape index (κ1) is 22.2. The second kappa shape index (κ2) is 9.08. The van der Waals surface area contributed by atoms with Gasteiger partial charge in [-0.2, -0.15) is 5.10 Å². The van der Waals surface area contributed by atoms with Gasteiger partial charge in [0.25, 0.3) is 5.91 Å². The molecule has 0 aliphatic carbocycles. The van der Waals surface area contributed by atoms with Crippen LogP contribution >= 0.6 is 0 Å². The average molecular weight is 493 g/mol. The maximum absolute atomic E-state index is 13.6. The molecule has 0 saturated carbocycles. The molecule has 0 saturated heterocycles. The number of rotatable bonds is 5. The quantitative estimate of drug-likeness (QED) is 0.358. The van der Waals surface area contributed by atoms with E-state index in [2.05, 4.69) is 20.3 Å². The summed E-state index contributed by atoms with van der Waals surface area (Å²) < 4.78 is 30.5. The van der Waals surface area contributed by atoms with Gasteiger partial charge in [-0.05, 0) is 72.8 Å². The number of carbonyl (C=O) groups is 1. The van der Waals surface area contributed by atoms with Crippen LogP contribution in [0.2, 0.25) is 0 Å². The molecule has 0 fully saturated rings. The van der Waals surface area contributed by atoms with Crippen LogP contribution in [0.15, 0.2) is 97.7 Å². The average Bonchev–Trinajstić information content (AvgIpc) is 3.53. The summed E-state index contributed by atoms with van der Waals surface area (Å²) >= 11 is 0. The van der Waals surface area contributed by atoms with Crippen LogP contribution in [0.3, 0.4) is 0 Å². The van der Waals surface area contributed by atoms with Crippen molar-refractivity contribution in [2.45, 2.75) is 0 Å². The molecule has 0 aliphatic rings. The number of hydrogen-bond acceptors (Lipinski definition) is 5. The lowest BCUT2D eigenvalue weighted by Gasteiger charge is -2.10. The van der Waals surface area contributed by atoms with E-state index >= 15 is 0 Å². The number of fused-ring (bicyclic) bond motifs is 1. The van der Waals surface area contributed by atoms with Crippen LogP contribution in [0.5, 0.6) is 0 Å². The Morgan fingerprint density at radius 1 is 0.838 bits per heavy atom. The highest BCUT2D eigenvalue weighted by Crippen LogP contribution is 2.32. The number of amides is 1. The van der Waals surface area contributed by atoms with Gasteiger partial charge in [0.1, 0.15) is 29.3 Å². The fourth-order valence-electron chi connectivity index (χ4n) is 3.97. The minimum Gasteiger partial charge on any atom is -0.305 e. The molecule has 37 heavy (non-hydrogen) atoms. The van der Waals surface area contributed by atoms with E-state index < -0.39 is 0 Å². The van der Waals surface area contributed by atoms with Crippen LogP contribution in [0, 0.1) is 11.6 Å². The molecule has 1 N–H and O–H groups in total. The van der Waals surface area contributed by atoms with Gasteiger partial charge in [0.05, 0.1) is 11.9 Å². The molecule has 10 heteroatoms. The standard InChI is InChI=1S/C27H17F2N7O/c28-19-3-1-17(2-4-19)25-26(35(16-31-25)21-7-5-20(29)6-8-21)22-9-10-24-32-23(15-36(24)34-22)33-27(37)18-11-13-30-14-12-18/h1-16H,(H,33,37). The highest BCUT2D eigenvalue weighted by atomic mass is 19.1.